The van der Waals surface area contributed by atoms with E-state index in [9.17, 15) is 22.8 Å². The fourth-order valence-electron chi connectivity index (χ4n) is 2.33. The van der Waals surface area contributed by atoms with Crippen molar-refractivity contribution in [3.8, 4) is 5.75 Å². The highest BCUT2D eigenvalue weighted by atomic mass is 19.1. The summed E-state index contributed by atoms with van der Waals surface area (Å²) in [6.45, 7) is -0.618. The molecule has 0 fully saturated rings. The predicted molar refractivity (Wildman–Crippen MR) is 99.1 cm³/mol. The van der Waals surface area contributed by atoms with E-state index in [1.807, 2.05) is 0 Å². The highest BCUT2D eigenvalue weighted by Crippen LogP contribution is 2.24. The van der Waals surface area contributed by atoms with Crippen LogP contribution >= 0.6 is 0 Å². The molecule has 0 aliphatic heterocycles. The van der Waals surface area contributed by atoms with Crippen molar-refractivity contribution in [1.82, 2.24) is 4.98 Å². The van der Waals surface area contributed by atoms with E-state index < -0.39 is 35.9 Å². The summed E-state index contributed by atoms with van der Waals surface area (Å²) < 4.78 is 45.1. The van der Waals surface area contributed by atoms with Gasteiger partial charge >= 0.3 is 0 Å². The number of ether oxygens (including phenoxy) is 1. The Morgan fingerprint density at radius 2 is 1.66 bits per heavy atom. The zero-order chi connectivity index (χ0) is 20.8. The number of rotatable bonds is 6. The van der Waals surface area contributed by atoms with E-state index in [0.29, 0.717) is 6.07 Å². The summed E-state index contributed by atoms with van der Waals surface area (Å²) in [6.07, 6.45) is 1.44. The van der Waals surface area contributed by atoms with Gasteiger partial charge in [0.2, 0.25) is 0 Å². The van der Waals surface area contributed by atoms with E-state index in [4.69, 9.17) is 4.74 Å². The normalized spacial score (nSPS) is 10.3. The van der Waals surface area contributed by atoms with Gasteiger partial charge in [-0.2, -0.15) is 0 Å². The second kappa shape index (κ2) is 8.87. The molecule has 2 aromatic carbocycles. The summed E-state index contributed by atoms with van der Waals surface area (Å²) in [4.78, 5) is 28.2. The zero-order valence-corrected chi connectivity index (χ0v) is 14.8. The number of pyridine rings is 1. The fraction of sp³-hybridized carbons (Fsp3) is 0.0500. The molecule has 0 saturated carbocycles. The molecule has 3 rings (SSSR count). The number of aromatic nitrogens is 1. The third-order valence-corrected chi connectivity index (χ3v) is 3.65. The number of nitrogens with zero attached hydrogens (tertiary/aromatic N) is 1. The van der Waals surface area contributed by atoms with Crippen molar-refractivity contribution in [1.29, 1.82) is 0 Å². The van der Waals surface area contributed by atoms with Crippen LogP contribution in [0.1, 0.15) is 10.5 Å². The van der Waals surface area contributed by atoms with E-state index in [-0.39, 0.29) is 22.8 Å². The first-order chi connectivity index (χ1) is 13.9. The number of anilines is 2. The molecule has 0 aliphatic rings. The summed E-state index contributed by atoms with van der Waals surface area (Å²) in [5.41, 5.74) is 0.232. The van der Waals surface area contributed by atoms with Gasteiger partial charge in [-0.25, -0.2) is 13.2 Å². The summed E-state index contributed by atoms with van der Waals surface area (Å²) in [6, 6.07) is 10.8. The maximum atomic E-state index is 13.6. The number of amides is 2. The van der Waals surface area contributed by atoms with Crippen LogP contribution in [0.15, 0.2) is 60.8 Å². The van der Waals surface area contributed by atoms with Crippen LogP contribution in [0.3, 0.4) is 0 Å². The average Bonchev–Trinajstić information content (AvgIpc) is 2.70. The van der Waals surface area contributed by atoms with Crippen LogP contribution in [-0.2, 0) is 4.79 Å². The van der Waals surface area contributed by atoms with Gasteiger partial charge in [0.05, 0.1) is 11.4 Å². The van der Waals surface area contributed by atoms with Gasteiger partial charge < -0.3 is 15.4 Å². The molecule has 29 heavy (non-hydrogen) atoms. The first kappa shape index (κ1) is 19.9. The van der Waals surface area contributed by atoms with Crippen molar-refractivity contribution in [2.24, 2.45) is 0 Å². The number of benzene rings is 2. The number of carbonyl (C=O) groups excluding carboxylic acids is 2. The third kappa shape index (κ3) is 5.32. The standard InChI is InChI=1S/C20H14F3N3O3/c21-12-5-7-18(14(23)9-12)29-11-19(27)25-17-10-13(22)4-6-15(17)26-20(28)16-3-1-2-8-24-16/h1-10H,11H2,(H,25,27)(H,26,28). The van der Waals surface area contributed by atoms with Gasteiger partial charge in [-0.1, -0.05) is 6.07 Å². The van der Waals surface area contributed by atoms with Crippen LogP contribution < -0.4 is 15.4 Å². The molecule has 2 N–H and O–H groups in total. The fourth-order valence-corrected chi connectivity index (χ4v) is 2.33. The number of hydrogen-bond donors (Lipinski definition) is 2. The number of nitrogens with one attached hydrogen (secondary N) is 2. The summed E-state index contributed by atoms with van der Waals surface area (Å²) in [5, 5.41) is 4.90. The Hall–Kier alpha value is -3.88. The molecule has 0 atom stereocenters. The van der Waals surface area contributed by atoms with E-state index >= 15 is 0 Å². The molecule has 6 nitrogen and oxygen atoms in total. The lowest BCUT2D eigenvalue weighted by Crippen LogP contribution is -2.22. The van der Waals surface area contributed by atoms with Crippen LogP contribution in [0.25, 0.3) is 0 Å². The quantitative estimate of drug-likeness (QED) is 0.659. The van der Waals surface area contributed by atoms with Crippen LogP contribution in [0.2, 0.25) is 0 Å². The Bertz CT molecular complexity index is 1050. The minimum Gasteiger partial charge on any atom is -0.481 e. The number of halogens is 3. The van der Waals surface area contributed by atoms with Gasteiger partial charge in [-0.05, 0) is 42.5 Å². The number of carbonyl (C=O) groups is 2. The van der Waals surface area contributed by atoms with Crippen molar-refractivity contribution < 1.29 is 27.5 Å². The lowest BCUT2D eigenvalue weighted by atomic mass is 10.2. The van der Waals surface area contributed by atoms with Gasteiger partial charge in [0.1, 0.15) is 17.3 Å². The molecule has 0 spiro atoms. The van der Waals surface area contributed by atoms with Gasteiger partial charge in [0.15, 0.2) is 18.2 Å². The molecule has 0 saturated heterocycles. The lowest BCUT2D eigenvalue weighted by molar-refractivity contribution is -0.118. The zero-order valence-electron chi connectivity index (χ0n) is 14.8. The average molecular weight is 401 g/mol. The van der Waals surface area contributed by atoms with Crippen molar-refractivity contribution in [2.45, 2.75) is 0 Å². The second-order valence-electron chi connectivity index (χ2n) is 5.77. The predicted octanol–water partition coefficient (Wildman–Crippen LogP) is 3.77. The first-order valence-electron chi connectivity index (χ1n) is 8.32. The topological polar surface area (TPSA) is 80.3 Å². The van der Waals surface area contributed by atoms with Gasteiger partial charge in [-0.15, -0.1) is 0 Å². The molecule has 0 bridgehead atoms. The summed E-state index contributed by atoms with van der Waals surface area (Å²) >= 11 is 0. The van der Waals surface area contributed by atoms with Crippen molar-refractivity contribution in [3.05, 3.63) is 83.9 Å². The summed E-state index contributed by atoms with van der Waals surface area (Å²) in [5.74, 6) is -4.02. The Morgan fingerprint density at radius 3 is 2.38 bits per heavy atom. The molecule has 148 valence electrons. The van der Waals surface area contributed by atoms with Gasteiger partial charge in [0, 0.05) is 12.3 Å². The SMILES string of the molecule is O=C(COc1ccc(F)cc1F)Nc1cc(F)ccc1NC(=O)c1ccccn1. The lowest BCUT2D eigenvalue weighted by Gasteiger charge is -2.13. The molecule has 1 aromatic heterocycles. The van der Waals surface area contributed by atoms with Crippen molar-refractivity contribution in [3.63, 3.8) is 0 Å². The minimum absolute atomic E-state index is 0.0255. The highest BCUT2D eigenvalue weighted by Gasteiger charge is 2.14. The Labute approximate surface area is 163 Å². The Morgan fingerprint density at radius 1 is 0.897 bits per heavy atom. The molecule has 0 radical (unpaired) electrons. The maximum Gasteiger partial charge on any atom is 0.274 e. The molecule has 9 heteroatoms. The van der Waals surface area contributed by atoms with Crippen LogP contribution in [0.5, 0.6) is 5.75 Å². The largest absolute Gasteiger partial charge is 0.481 e. The van der Waals surface area contributed by atoms with Crippen LogP contribution in [0.4, 0.5) is 24.5 Å². The van der Waals surface area contributed by atoms with E-state index in [2.05, 4.69) is 15.6 Å². The minimum atomic E-state index is -0.966. The monoisotopic (exact) mass is 401 g/mol. The van der Waals surface area contributed by atoms with Gasteiger partial charge in [-0.3, -0.25) is 14.6 Å². The molecule has 0 unspecified atom stereocenters. The Balaban J connectivity index is 1.68. The van der Waals surface area contributed by atoms with E-state index in [1.54, 1.807) is 12.1 Å². The van der Waals surface area contributed by atoms with E-state index in [1.165, 1.54) is 18.3 Å². The third-order valence-electron chi connectivity index (χ3n) is 3.65. The van der Waals surface area contributed by atoms with Crippen LogP contribution in [0, 0.1) is 17.5 Å². The molecule has 0 aliphatic carbocycles. The molecule has 3 aromatic rings. The number of hydrogen-bond acceptors (Lipinski definition) is 4. The van der Waals surface area contributed by atoms with E-state index in [0.717, 1.165) is 24.3 Å². The molecule has 1 heterocycles. The maximum absolute atomic E-state index is 13.6. The Kier molecular flexibility index (Phi) is 6.08. The first-order valence-corrected chi connectivity index (χ1v) is 8.32. The molecular weight excluding hydrogens is 387 g/mol. The molecule has 2 amide bonds. The van der Waals surface area contributed by atoms with Crippen molar-refractivity contribution in [2.75, 3.05) is 17.2 Å². The highest BCUT2D eigenvalue weighted by molar-refractivity contribution is 6.06. The van der Waals surface area contributed by atoms with Crippen LogP contribution in [-0.4, -0.2) is 23.4 Å². The summed E-state index contributed by atoms with van der Waals surface area (Å²) in [7, 11) is 0. The molecular formula is C20H14F3N3O3. The second-order valence-corrected chi connectivity index (χ2v) is 5.77. The van der Waals surface area contributed by atoms with Gasteiger partial charge in [0.25, 0.3) is 11.8 Å². The van der Waals surface area contributed by atoms with Crippen molar-refractivity contribution >= 4 is 23.2 Å². The smallest absolute Gasteiger partial charge is 0.274 e.